The molecule has 1 aromatic rings. The highest BCUT2D eigenvalue weighted by atomic mass is 28.3. The Morgan fingerprint density at radius 2 is 1.95 bits per heavy atom. The molecule has 0 aromatic heterocycles. The Bertz CT molecular complexity index is 569. The maximum absolute atomic E-state index is 12.6. The second-order valence-electron chi connectivity index (χ2n) is 8.04. The van der Waals surface area contributed by atoms with Crippen LogP contribution in [0.2, 0.25) is 11.6 Å². The smallest absolute Gasteiger partial charge is 0.180 e. The van der Waals surface area contributed by atoms with E-state index in [-0.39, 0.29) is 17.1 Å². The lowest BCUT2D eigenvalue weighted by atomic mass is 9.78. The van der Waals surface area contributed by atoms with Gasteiger partial charge in [0.1, 0.15) is 0 Å². The lowest BCUT2D eigenvalue weighted by Gasteiger charge is -2.29. The third-order valence-electron chi connectivity index (χ3n) is 5.55. The summed E-state index contributed by atoms with van der Waals surface area (Å²) in [5.74, 6) is 0.666. The molecule has 2 atom stereocenters. The van der Waals surface area contributed by atoms with E-state index in [4.69, 9.17) is 4.43 Å². The van der Waals surface area contributed by atoms with Crippen LogP contribution in [0.15, 0.2) is 18.2 Å². The fourth-order valence-electron chi connectivity index (χ4n) is 3.33. The number of Topliss-reactive ketones (excluding diaryl/α,β-unsaturated/α-hetero) is 1. The maximum Gasteiger partial charge on any atom is 0.180 e. The van der Waals surface area contributed by atoms with E-state index in [2.05, 4.69) is 39.5 Å². The molecule has 2 aliphatic rings. The van der Waals surface area contributed by atoms with Gasteiger partial charge in [-0.15, -0.1) is 0 Å². The van der Waals surface area contributed by atoms with Crippen LogP contribution in [0.4, 0.5) is 0 Å². The zero-order valence-electron chi connectivity index (χ0n) is 14.3. The zero-order chi connectivity index (χ0) is 15.9. The van der Waals surface area contributed by atoms with Gasteiger partial charge in [0.15, 0.2) is 14.8 Å². The van der Waals surface area contributed by atoms with Crippen LogP contribution in [-0.4, -0.2) is 14.8 Å². The van der Waals surface area contributed by atoms with E-state index in [9.17, 15) is 4.79 Å². The second kappa shape index (κ2) is 5.93. The highest BCUT2D eigenvalue weighted by Crippen LogP contribution is 2.41. The van der Waals surface area contributed by atoms with Gasteiger partial charge in [0.2, 0.25) is 0 Å². The Labute approximate surface area is 136 Å². The van der Waals surface area contributed by atoms with Gasteiger partial charge in [-0.2, -0.15) is 0 Å². The van der Waals surface area contributed by atoms with Gasteiger partial charge in [0.05, 0.1) is 6.10 Å². The van der Waals surface area contributed by atoms with E-state index in [0.29, 0.717) is 5.78 Å². The molecule has 0 bridgehead atoms. The minimum absolute atomic E-state index is 0.213. The summed E-state index contributed by atoms with van der Waals surface area (Å²) in [6.07, 6.45) is 5.63. The highest BCUT2D eigenvalue weighted by Gasteiger charge is 2.34. The largest absolute Gasteiger partial charge is 0.413 e. The fraction of sp³-hybridized carbons (Fsp3) is 0.632. The van der Waals surface area contributed by atoms with E-state index >= 15 is 0 Å². The summed E-state index contributed by atoms with van der Waals surface area (Å²) in [6.45, 7) is 9.12. The maximum atomic E-state index is 12.6. The Kier molecular flexibility index (Phi) is 4.30. The van der Waals surface area contributed by atoms with Crippen molar-refractivity contribution in [2.45, 2.75) is 70.6 Å². The molecule has 3 heteroatoms. The van der Waals surface area contributed by atoms with E-state index in [0.717, 1.165) is 31.2 Å². The molecule has 2 nitrogen and oxygen atoms in total. The first-order valence-corrected chi connectivity index (χ1v) is 10.9. The standard InChI is InChI=1S/C19H28O2Si/c1-19(2,3)22(4)21-17-12-11-14-15(17)9-6-10-16(14)18(20)13-7-5-8-13/h6,9-10,13,17,22H,5,7-8,11-12H2,1-4H3. The summed E-state index contributed by atoms with van der Waals surface area (Å²) in [5, 5.41) is 0.280. The summed E-state index contributed by atoms with van der Waals surface area (Å²) in [5.41, 5.74) is 3.55. The number of fused-ring (bicyclic) bond motifs is 1. The van der Waals surface area contributed by atoms with Crippen molar-refractivity contribution < 1.29 is 9.22 Å². The molecule has 0 amide bonds. The van der Waals surface area contributed by atoms with Gasteiger partial charge in [-0.3, -0.25) is 4.79 Å². The first kappa shape index (κ1) is 15.9. The molecule has 0 radical (unpaired) electrons. The summed E-state index contributed by atoms with van der Waals surface area (Å²) >= 11 is 0. The van der Waals surface area contributed by atoms with Crippen LogP contribution in [0.1, 0.15) is 74.0 Å². The molecule has 120 valence electrons. The Morgan fingerprint density at radius 3 is 2.55 bits per heavy atom. The summed E-state index contributed by atoms with van der Waals surface area (Å²) in [6, 6.07) is 6.26. The number of benzene rings is 1. The minimum atomic E-state index is -1.24. The van der Waals surface area contributed by atoms with Crippen molar-refractivity contribution in [2.24, 2.45) is 5.92 Å². The monoisotopic (exact) mass is 316 g/mol. The molecule has 0 aliphatic heterocycles. The van der Waals surface area contributed by atoms with Crippen molar-refractivity contribution in [3.63, 3.8) is 0 Å². The van der Waals surface area contributed by atoms with Crippen molar-refractivity contribution in [1.82, 2.24) is 0 Å². The molecule has 1 saturated carbocycles. The van der Waals surface area contributed by atoms with Crippen LogP contribution in [0, 0.1) is 5.92 Å². The predicted molar refractivity (Wildman–Crippen MR) is 93.0 cm³/mol. The van der Waals surface area contributed by atoms with Crippen molar-refractivity contribution in [3.05, 3.63) is 34.9 Å². The van der Waals surface area contributed by atoms with Crippen LogP contribution >= 0.6 is 0 Å². The van der Waals surface area contributed by atoms with E-state index < -0.39 is 9.04 Å². The molecule has 22 heavy (non-hydrogen) atoms. The van der Waals surface area contributed by atoms with Gasteiger partial charge in [-0.05, 0) is 48.4 Å². The Morgan fingerprint density at radius 1 is 1.23 bits per heavy atom. The quantitative estimate of drug-likeness (QED) is 0.587. The first-order valence-electron chi connectivity index (χ1n) is 8.69. The zero-order valence-corrected chi connectivity index (χ0v) is 15.5. The van der Waals surface area contributed by atoms with E-state index in [1.807, 2.05) is 6.07 Å². The van der Waals surface area contributed by atoms with Crippen LogP contribution in [-0.2, 0) is 10.8 Å². The molecule has 0 spiro atoms. The van der Waals surface area contributed by atoms with E-state index in [1.54, 1.807) is 0 Å². The lowest BCUT2D eigenvalue weighted by molar-refractivity contribution is 0.0854. The fourth-order valence-corrected chi connectivity index (χ4v) is 4.51. The number of ketones is 1. The molecule has 0 heterocycles. The van der Waals surface area contributed by atoms with Gasteiger partial charge in [0, 0.05) is 11.5 Å². The highest BCUT2D eigenvalue weighted by molar-refractivity contribution is 6.53. The average molecular weight is 317 g/mol. The molecule has 2 aliphatic carbocycles. The van der Waals surface area contributed by atoms with Crippen molar-refractivity contribution in [3.8, 4) is 0 Å². The third-order valence-corrected chi connectivity index (χ3v) is 8.72. The number of hydrogen-bond acceptors (Lipinski definition) is 2. The van der Waals surface area contributed by atoms with Crippen molar-refractivity contribution >= 4 is 14.8 Å². The van der Waals surface area contributed by atoms with Gasteiger partial charge in [-0.25, -0.2) is 0 Å². The minimum Gasteiger partial charge on any atom is -0.413 e. The summed E-state index contributed by atoms with van der Waals surface area (Å²) in [4.78, 5) is 12.6. The SMILES string of the molecule is C[SiH](OC1CCc2c(C(=O)C3CCC3)cccc21)C(C)(C)C. The second-order valence-corrected chi connectivity index (χ2v) is 11.3. The number of rotatable bonds is 4. The molecule has 3 rings (SSSR count). The molecule has 1 aromatic carbocycles. The van der Waals surface area contributed by atoms with Crippen molar-refractivity contribution in [1.29, 1.82) is 0 Å². The van der Waals surface area contributed by atoms with Crippen LogP contribution in [0.25, 0.3) is 0 Å². The normalized spacial score (nSPS) is 23.0. The van der Waals surface area contributed by atoms with Gasteiger partial charge in [-0.1, -0.05) is 45.4 Å². The molecular weight excluding hydrogens is 288 g/mol. The third kappa shape index (κ3) is 2.93. The molecule has 2 unspecified atom stereocenters. The summed E-state index contributed by atoms with van der Waals surface area (Å²) in [7, 11) is -1.24. The van der Waals surface area contributed by atoms with Crippen molar-refractivity contribution in [2.75, 3.05) is 0 Å². The Balaban J connectivity index is 1.81. The van der Waals surface area contributed by atoms with Crippen LogP contribution < -0.4 is 0 Å². The number of hydrogen-bond donors (Lipinski definition) is 0. The average Bonchev–Trinajstić information content (AvgIpc) is 2.79. The topological polar surface area (TPSA) is 26.3 Å². The molecule has 0 saturated heterocycles. The van der Waals surface area contributed by atoms with Gasteiger partial charge < -0.3 is 4.43 Å². The Hall–Kier alpha value is -0.933. The van der Waals surface area contributed by atoms with Crippen LogP contribution in [0.5, 0.6) is 0 Å². The number of carbonyl (C=O) groups is 1. The first-order chi connectivity index (χ1) is 10.4. The predicted octanol–water partition coefficient (Wildman–Crippen LogP) is 4.83. The van der Waals surface area contributed by atoms with Gasteiger partial charge in [0.25, 0.3) is 0 Å². The van der Waals surface area contributed by atoms with Crippen LogP contribution in [0.3, 0.4) is 0 Å². The molecule has 0 N–H and O–H groups in total. The molecule has 1 fully saturated rings. The molecular formula is C19H28O2Si. The number of carbonyl (C=O) groups excluding carboxylic acids is 1. The summed E-state index contributed by atoms with van der Waals surface area (Å²) < 4.78 is 6.47. The lowest BCUT2D eigenvalue weighted by Crippen LogP contribution is -2.27. The van der Waals surface area contributed by atoms with E-state index in [1.165, 1.54) is 17.5 Å². The van der Waals surface area contributed by atoms with Gasteiger partial charge >= 0.3 is 0 Å².